The van der Waals surface area contributed by atoms with Crippen molar-refractivity contribution in [2.45, 2.75) is 13.5 Å². The lowest BCUT2D eigenvalue weighted by Gasteiger charge is -2.29. The average Bonchev–Trinajstić information content (AvgIpc) is 2.89. The predicted molar refractivity (Wildman–Crippen MR) is 156 cm³/mol. The molecular formula is C27H19BrCl2N2O6S. The van der Waals surface area contributed by atoms with Crippen molar-refractivity contribution in [2.75, 3.05) is 11.5 Å². The van der Waals surface area contributed by atoms with Gasteiger partial charge in [0.05, 0.1) is 27.9 Å². The number of hydrogen-bond donors (Lipinski definition) is 2. The Morgan fingerprint density at radius 3 is 2.51 bits per heavy atom. The number of thiocarbonyl (C=S) groups is 1. The third-order valence-electron chi connectivity index (χ3n) is 5.49. The number of nitrogens with one attached hydrogen (secondary N) is 1. The molecule has 0 aliphatic carbocycles. The Balaban J connectivity index is 1.66. The van der Waals surface area contributed by atoms with Crippen molar-refractivity contribution < 1.29 is 29.0 Å². The second-order valence-corrected chi connectivity index (χ2v) is 10.2. The molecule has 3 aromatic rings. The summed E-state index contributed by atoms with van der Waals surface area (Å²) < 4.78 is 12.2. The van der Waals surface area contributed by atoms with E-state index < -0.39 is 17.8 Å². The van der Waals surface area contributed by atoms with E-state index in [0.29, 0.717) is 38.2 Å². The number of carbonyl (C=O) groups excluding carboxylic acids is 2. The number of rotatable bonds is 8. The van der Waals surface area contributed by atoms with Gasteiger partial charge < -0.3 is 14.6 Å². The van der Waals surface area contributed by atoms with Crippen LogP contribution in [0.5, 0.6) is 11.5 Å². The molecule has 0 aromatic heterocycles. The van der Waals surface area contributed by atoms with Crippen LogP contribution in [-0.2, 0) is 16.2 Å². The number of amides is 2. The molecule has 0 unspecified atom stereocenters. The topological polar surface area (TPSA) is 105 Å². The Bertz CT molecular complexity index is 1540. The van der Waals surface area contributed by atoms with E-state index in [0.717, 1.165) is 10.5 Å². The van der Waals surface area contributed by atoms with Crippen LogP contribution >= 0.6 is 51.3 Å². The summed E-state index contributed by atoms with van der Waals surface area (Å²) >= 11 is 20.8. The summed E-state index contributed by atoms with van der Waals surface area (Å²) in [6.07, 6.45) is 1.39. The number of nitrogens with zero attached hydrogens (tertiary/aromatic N) is 1. The molecular weight excluding hydrogens is 631 g/mol. The Kier molecular flexibility index (Phi) is 8.91. The molecule has 0 bridgehead atoms. The third kappa shape index (κ3) is 6.42. The number of hydrogen-bond acceptors (Lipinski definition) is 6. The van der Waals surface area contributed by atoms with Crippen LogP contribution in [0.3, 0.4) is 0 Å². The second-order valence-electron chi connectivity index (χ2n) is 8.10. The number of carbonyl (C=O) groups is 3. The first-order valence-electron chi connectivity index (χ1n) is 11.4. The smallest absolute Gasteiger partial charge is 0.335 e. The molecule has 3 aromatic carbocycles. The molecule has 1 aliphatic rings. The van der Waals surface area contributed by atoms with Crippen molar-refractivity contribution >= 4 is 86.0 Å². The first-order chi connectivity index (χ1) is 18.6. The van der Waals surface area contributed by atoms with Crippen LogP contribution in [0.15, 0.2) is 64.6 Å². The van der Waals surface area contributed by atoms with Gasteiger partial charge in [0.2, 0.25) is 0 Å². The van der Waals surface area contributed by atoms with Crippen LogP contribution in [0.1, 0.15) is 28.4 Å². The molecule has 0 saturated carbocycles. The van der Waals surface area contributed by atoms with E-state index in [1.807, 2.05) is 6.92 Å². The first-order valence-corrected chi connectivity index (χ1v) is 13.3. The molecule has 12 heteroatoms. The van der Waals surface area contributed by atoms with Gasteiger partial charge in [-0.05, 0) is 78.8 Å². The SMILES string of the molecule is CCOc1cc(C=C2C(=O)NC(=S)N(c3cccc(C(=O)O)c3)C2=O)c(Br)cc1OCc1ccc(Cl)c(Cl)c1. The highest BCUT2D eigenvalue weighted by molar-refractivity contribution is 9.10. The van der Waals surface area contributed by atoms with Crippen molar-refractivity contribution in [1.29, 1.82) is 0 Å². The van der Waals surface area contributed by atoms with E-state index in [4.69, 9.17) is 44.9 Å². The number of carboxylic acids is 1. The van der Waals surface area contributed by atoms with Crippen molar-refractivity contribution in [3.63, 3.8) is 0 Å². The zero-order valence-corrected chi connectivity index (χ0v) is 24.1. The quantitative estimate of drug-likeness (QED) is 0.169. The lowest BCUT2D eigenvalue weighted by molar-refractivity contribution is -0.122. The molecule has 2 N–H and O–H groups in total. The van der Waals surface area contributed by atoms with Gasteiger partial charge in [0.15, 0.2) is 16.6 Å². The second kappa shape index (κ2) is 12.2. The van der Waals surface area contributed by atoms with Gasteiger partial charge in [0.25, 0.3) is 11.8 Å². The molecule has 200 valence electrons. The van der Waals surface area contributed by atoms with Crippen LogP contribution in [0, 0.1) is 0 Å². The van der Waals surface area contributed by atoms with Gasteiger partial charge in [-0.15, -0.1) is 0 Å². The highest BCUT2D eigenvalue weighted by Crippen LogP contribution is 2.36. The molecule has 1 saturated heterocycles. The minimum absolute atomic E-state index is 0.0360. The van der Waals surface area contributed by atoms with Crippen molar-refractivity contribution in [2.24, 2.45) is 0 Å². The number of ether oxygens (including phenoxy) is 2. The average molecular weight is 650 g/mol. The van der Waals surface area contributed by atoms with E-state index >= 15 is 0 Å². The summed E-state index contributed by atoms with van der Waals surface area (Å²) in [4.78, 5) is 38.7. The van der Waals surface area contributed by atoms with Crippen molar-refractivity contribution in [1.82, 2.24) is 5.32 Å². The molecule has 8 nitrogen and oxygen atoms in total. The minimum Gasteiger partial charge on any atom is -0.490 e. The summed E-state index contributed by atoms with van der Waals surface area (Å²) in [5, 5.41) is 12.5. The molecule has 0 spiro atoms. The Labute approximate surface area is 247 Å². The third-order valence-corrected chi connectivity index (χ3v) is 7.20. The summed E-state index contributed by atoms with van der Waals surface area (Å²) in [7, 11) is 0. The van der Waals surface area contributed by atoms with Crippen LogP contribution < -0.4 is 19.7 Å². The Morgan fingerprint density at radius 2 is 1.82 bits per heavy atom. The lowest BCUT2D eigenvalue weighted by atomic mass is 10.1. The summed E-state index contributed by atoms with van der Waals surface area (Å²) in [6.45, 7) is 2.33. The molecule has 1 aliphatic heterocycles. The fourth-order valence-corrected chi connectivity index (χ4v) is 4.70. The molecule has 1 fully saturated rings. The predicted octanol–water partition coefficient (Wildman–Crippen LogP) is 6.26. The largest absolute Gasteiger partial charge is 0.490 e. The zero-order chi connectivity index (χ0) is 28.3. The molecule has 2 amide bonds. The van der Waals surface area contributed by atoms with Gasteiger partial charge in [-0.25, -0.2) is 4.79 Å². The monoisotopic (exact) mass is 648 g/mol. The van der Waals surface area contributed by atoms with Crippen LogP contribution in [0.25, 0.3) is 6.08 Å². The molecule has 4 rings (SSSR count). The van der Waals surface area contributed by atoms with Crippen LogP contribution in [0.4, 0.5) is 5.69 Å². The fourth-order valence-electron chi connectivity index (χ4n) is 3.66. The molecule has 0 atom stereocenters. The highest BCUT2D eigenvalue weighted by Gasteiger charge is 2.35. The molecule has 0 radical (unpaired) electrons. The highest BCUT2D eigenvalue weighted by atomic mass is 79.9. The van der Waals surface area contributed by atoms with Gasteiger partial charge in [-0.3, -0.25) is 19.8 Å². The lowest BCUT2D eigenvalue weighted by Crippen LogP contribution is -2.54. The van der Waals surface area contributed by atoms with E-state index in [1.54, 1.807) is 30.3 Å². The maximum Gasteiger partial charge on any atom is 0.335 e. The number of aromatic carboxylic acids is 1. The van der Waals surface area contributed by atoms with Crippen molar-refractivity contribution in [3.8, 4) is 11.5 Å². The van der Waals surface area contributed by atoms with Gasteiger partial charge in [0.1, 0.15) is 12.2 Å². The number of anilines is 1. The van der Waals surface area contributed by atoms with E-state index in [9.17, 15) is 19.5 Å². The fraction of sp³-hybridized carbons (Fsp3) is 0.111. The summed E-state index contributed by atoms with van der Waals surface area (Å²) in [5.41, 5.74) is 1.21. The maximum atomic E-state index is 13.4. The first kappa shape index (κ1) is 28.6. The van der Waals surface area contributed by atoms with E-state index in [1.165, 1.54) is 30.3 Å². The van der Waals surface area contributed by atoms with Crippen LogP contribution in [0.2, 0.25) is 10.0 Å². The Morgan fingerprint density at radius 1 is 1.08 bits per heavy atom. The number of carboxylic acid groups (broad SMARTS) is 1. The van der Waals surface area contributed by atoms with Crippen LogP contribution in [-0.4, -0.2) is 34.6 Å². The molecule has 1 heterocycles. The number of benzene rings is 3. The number of halogens is 3. The van der Waals surface area contributed by atoms with Gasteiger partial charge in [-0.2, -0.15) is 0 Å². The molecule has 39 heavy (non-hydrogen) atoms. The Hall–Kier alpha value is -3.44. The van der Waals surface area contributed by atoms with Gasteiger partial charge in [-0.1, -0.05) is 51.3 Å². The normalized spacial score (nSPS) is 14.4. The summed E-state index contributed by atoms with van der Waals surface area (Å²) in [5.74, 6) is -1.76. The maximum absolute atomic E-state index is 13.4. The van der Waals surface area contributed by atoms with E-state index in [2.05, 4.69) is 21.2 Å². The van der Waals surface area contributed by atoms with E-state index in [-0.39, 0.29) is 28.5 Å². The standard InChI is InChI=1S/C27H19BrCl2N2O6S/c1-2-37-22-11-16(19(28)12-23(22)38-13-14-6-7-20(29)21(30)8-14)10-18-24(33)31-27(39)32(25(18)34)17-5-3-4-15(9-17)26(35)36/h3-12H,2,13H2,1H3,(H,35,36)(H,31,33,39). The van der Waals surface area contributed by atoms with Gasteiger partial charge >= 0.3 is 5.97 Å². The van der Waals surface area contributed by atoms with Gasteiger partial charge in [0, 0.05) is 4.47 Å². The van der Waals surface area contributed by atoms with Crippen molar-refractivity contribution in [3.05, 3.63) is 91.4 Å². The zero-order valence-electron chi connectivity index (χ0n) is 20.2. The minimum atomic E-state index is -1.17. The summed E-state index contributed by atoms with van der Waals surface area (Å²) in [6, 6.07) is 14.2.